The van der Waals surface area contributed by atoms with Crippen molar-refractivity contribution in [3.8, 4) is 0 Å². The van der Waals surface area contributed by atoms with Crippen LogP contribution in [0.15, 0.2) is 0 Å². The Hall–Kier alpha value is -1.59. The lowest BCUT2D eigenvalue weighted by molar-refractivity contribution is -0.142. The van der Waals surface area contributed by atoms with Gasteiger partial charge in [-0.1, -0.05) is 35.9 Å². The predicted molar refractivity (Wildman–Crippen MR) is 99.5 cm³/mol. The second-order valence-corrected chi connectivity index (χ2v) is 7.09. The van der Waals surface area contributed by atoms with Gasteiger partial charge in [-0.3, -0.25) is 9.59 Å². The third-order valence-electron chi connectivity index (χ3n) is 2.82. The quantitative estimate of drug-likeness (QED) is 0.291. The average molecular weight is 471 g/mol. The van der Waals surface area contributed by atoms with Gasteiger partial charge in [0.05, 0.1) is 4.43 Å². The van der Waals surface area contributed by atoms with E-state index in [-0.39, 0.29) is 16.9 Å². The van der Waals surface area contributed by atoms with Crippen molar-refractivity contribution in [1.82, 2.24) is 16.0 Å². The molecule has 0 spiro atoms. The Labute approximate surface area is 160 Å². The number of nitrogens with one attached hydrogen (secondary N) is 3. The highest BCUT2D eigenvalue weighted by atomic mass is 127. The predicted octanol–water partition coefficient (Wildman–Crippen LogP) is 0.800. The van der Waals surface area contributed by atoms with Gasteiger partial charge in [0, 0.05) is 6.54 Å². The summed E-state index contributed by atoms with van der Waals surface area (Å²) >= 11 is 1.84. The van der Waals surface area contributed by atoms with Crippen molar-refractivity contribution in [3.05, 3.63) is 0 Å². The highest BCUT2D eigenvalue weighted by Gasteiger charge is 2.27. The first-order chi connectivity index (χ1) is 11.5. The van der Waals surface area contributed by atoms with Gasteiger partial charge in [-0.25, -0.2) is 9.59 Å². The number of carboxylic acid groups (broad SMARTS) is 1. The van der Waals surface area contributed by atoms with Crippen molar-refractivity contribution < 1.29 is 29.0 Å². The van der Waals surface area contributed by atoms with Crippen LogP contribution < -0.4 is 16.0 Å². The minimum Gasteiger partial charge on any atom is -0.480 e. The van der Waals surface area contributed by atoms with E-state index in [0.717, 1.165) is 0 Å². The molecule has 144 valence electrons. The molecule has 2 unspecified atom stereocenters. The smallest absolute Gasteiger partial charge is 0.408 e. The van der Waals surface area contributed by atoms with E-state index in [0.29, 0.717) is 12.8 Å². The molecule has 0 aromatic heterocycles. The summed E-state index contributed by atoms with van der Waals surface area (Å²) in [7, 11) is 0. The molecule has 0 aliphatic heterocycles. The van der Waals surface area contributed by atoms with Crippen molar-refractivity contribution in [1.29, 1.82) is 0 Å². The molecule has 9 nitrogen and oxygen atoms in total. The highest BCUT2D eigenvalue weighted by Crippen LogP contribution is 2.08. The number of alkyl halides is 1. The Morgan fingerprint density at radius 2 is 1.72 bits per heavy atom. The molecule has 0 saturated carbocycles. The summed E-state index contributed by atoms with van der Waals surface area (Å²) in [6.45, 7) is 6.66. The van der Waals surface area contributed by atoms with E-state index >= 15 is 0 Å². The molecule has 0 aliphatic carbocycles. The van der Waals surface area contributed by atoms with Crippen molar-refractivity contribution in [2.75, 3.05) is 11.0 Å². The molecule has 0 aromatic carbocycles. The van der Waals surface area contributed by atoms with Crippen LogP contribution in [0, 0.1) is 0 Å². The number of carbonyl (C=O) groups excluding carboxylic acids is 3. The van der Waals surface area contributed by atoms with Gasteiger partial charge in [0.1, 0.15) is 17.7 Å². The molecule has 0 saturated heterocycles. The number of aliphatic carboxylic acids is 1. The maximum atomic E-state index is 12.3. The molecule has 0 bridgehead atoms. The normalized spacial score (nSPS) is 13.3. The van der Waals surface area contributed by atoms with Crippen molar-refractivity contribution in [2.45, 2.75) is 58.2 Å². The zero-order chi connectivity index (χ0) is 19.6. The lowest BCUT2D eigenvalue weighted by Crippen LogP contribution is -2.55. The third kappa shape index (κ3) is 10.8. The Kier molecular flexibility index (Phi) is 10.4. The number of rotatable bonds is 9. The summed E-state index contributed by atoms with van der Waals surface area (Å²) in [5.41, 5.74) is -0.718. The average Bonchev–Trinajstić information content (AvgIpc) is 2.48. The summed E-state index contributed by atoms with van der Waals surface area (Å²) < 4.78 is 5.28. The van der Waals surface area contributed by atoms with Gasteiger partial charge < -0.3 is 25.8 Å². The van der Waals surface area contributed by atoms with Crippen LogP contribution in [-0.2, 0) is 19.1 Å². The Morgan fingerprint density at radius 3 is 2.16 bits per heavy atom. The monoisotopic (exact) mass is 471 g/mol. The van der Waals surface area contributed by atoms with Gasteiger partial charge in [-0.2, -0.15) is 0 Å². The van der Waals surface area contributed by atoms with Crippen LogP contribution in [0.4, 0.5) is 4.79 Å². The van der Waals surface area contributed by atoms with Crippen molar-refractivity contribution in [3.63, 3.8) is 0 Å². The first-order valence-electron chi connectivity index (χ1n) is 7.85. The van der Waals surface area contributed by atoms with Gasteiger partial charge in [0.25, 0.3) is 0 Å². The minimum absolute atomic E-state index is 0.177. The molecule has 0 radical (unpaired) electrons. The lowest BCUT2D eigenvalue weighted by Gasteiger charge is -2.24. The van der Waals surface area contributed by atoms with Gasteiger partial charge >= 0.3 is 12.1 Å². The minimum atomic E-state index is -1.29. The van der Waals surface area contributed by atoms with Gasteiger partial charge in [0.2, 0.25) is 11.8 Å². The number of amides is 3. The standard InChI is InChI=1S/C15H26IN3O6/c1-5-6-9(19-14(24)25-15(2,3)4)12(21)18-10(13(22)23)8-17-11(20)7-16/h9-10H,5-8H2,1-4H3,(H,17,20)(H,18,21)(H,19,24)(H,22,23). The fourth-order valence-electron chi connectivity index (χ4n) is 1.74. The SMILES string of the molecule is CCCC(NC(=O)OC(C)(C)C)C(=O)NC(CNC(=O)CI)C(=O)O. The number of ether oxygens (including phenoxy) is 1. The van der Waals surface area contributed by atoms with Crippen LogP contribution in [0.3, 0.4) is 0 Å². The highest BCUT2D eigenvalue weighted by molar-refractivity contribution is 14.1. The molecular weight excluding hydrogens is 445 g/mol. The van der Waals surface area contributed by atoms with E-state index in [2.05, 4.69) is 16.0 Å². The van der Waals surface area contributed by atoms with Crippen LogP contribution in [0.25, 0.3) is 0 Å². The Balaban J connectivity index is 4.85. The van der Waals surface area contributed by atoms with E-state index in [4.69, 9.17) is 4.74 Å². The van der Waals surface area contributed by atoms with Crippen LogP contribution >= 0.6 is 22.6 Å². The maximum absolute atomic E-state index is 12.3. The lowest BCUT2D eigenvalue weighted by atomic mass is 10.1. The van der Waals surface area contributed by atoms with E-state index in [1.165, 1.54) is 0 Å². The van der Waals surface area contributed by atoms with Crippen molar-refractivity contribution in [2.24, 2.45) is 0 Å². The summed E-state index contributed by atoms with van der Waals surface area (Å²) in [6, 6.07) is -2.22. The molecule has 2 atom stereocenters. The molecule has 4 N–H and O–H groups in total. The fraction of sp³-hybridized carbons (Fsp3) is 0.733. The third-order valence-corrected chi connectivity index (χ3v) is 3.52. The Bertz CT molecular complexity index is 492. The van der Waals surface area contributed by atoms with Crippen LogP contribution in [0.2, 0.25) is 0 Å². The molecule has 3 amide bonds. The number of halogens is 1. The van der Waals surface area contributed by atoms with Gasteiger partial charge in [-0.15, -0.1) is 0 Å². The molecule has 0 fully saturated rings. The Morgan fingerprint density at radius 1 is 1.12 bits per heavy atom. The molecule has 10 heteroatoms. The summed E-state index contributed by atoms with van der Waals surface area (Å²) in [4.78, 5) is 46.6. The molecule has 0 aliphatic rings. The maximum Gasteiger partial charge on any atom is 0.408 e. The molecule has 0 heterocycles. The van der Waals surface area contributed by atoms with E-state index in [1.807, 2.05) is 29.5 Å². The number of carbonyl (C=O) groups is 4. The number of alkyl carbamates (subject to hydrolysis) is 1. The first kappa shape index (κ1) is 23.4. The van der Waals surface area contributed by atoms with Crippen LogP contribution in [0.5, 0.6) is 0 Å². The molecule has 0 rings (SSSR count). The number of hydrogen-bond acceptors (Lipinski definition) is 5. The first-order valence-corrected chi connectivity index (χ1v) is 9.38. The summed E-state index contributed by atoms with van der Waals surface area (Å²) in [6.07, 6.45) is 0.153. The summed E-state index contributed by atoms with van der Waals surface area (Å²) in [5, 5.41) is 16.3. The fourth-order valence-corrected chi connectivity index (χ4v) is 2.01. The topological polar surface area (TPSA) is 134 Å². The van der Waals surface area contributed by atoms with Gasteiger partial charge in [0.15, 0.2) is 0 Å². The van der Waals surface area contributed by atoms with Crippen molar-refractivity contribution >= 4 is 46.5 Å². The molecular formula is C15H26IN3O6. The number of hydrogen-bond donors (Lipinski definition) is 4. The summed E-state index contributed by atoms with van der Waals surface area (Å²) in [5.74, 6) is -2.27. The largest absolute Gasteiger partial charge is 0.480 e. The zero-order valence-electron chi connectivity index (χ0n) is 14.8. The van der Waals surface area contributed by atoms with E-state index < -0.39 is 35.7 Å². The second-order valence-electron chi connectivity index (χ2n) is 6.32. The number of carboxylic acids is 1. The van der Waals surface area contributed by atoms with E-state index in [9.17, 15) is 24.3 Å². The van der Waals surface area contributed by atoms with Gasteiger partial charge in [-0.05, 0) is 27.2 Å². The zero-order valence-corrected chi connectivity index (χ0v) is 17.0. The van der Waals surface area contributed by atoms with Crippen LogP contribution in [0.1, 0.15) is 40.5 Å². The molecule has 25 heavy (non-hydrogen) atoms. The second kappa shape index (κ2) is 11.1. The van der Waals surface area contributed by atoms with E-state index in [1.54, 1.807) is 20.8 Å². The van der Waals surface area contributed by atoms with Crippen LogP contribution in [-0.4, -0.2) is 57.6 Å². The molecule has 0 aromatic rings.